The maximum atomic E-state index is 13.2. The fourth-order valence-corrected chi connectivity index (χ4v) is 3.75. The summed E-state index contributed by atoms with van der Waals surface area (Å²) < 4.78 is 16.1. The maximum Gasteiger partial charge on any atom is 0.254 e. The van der Waals surface area contributed by atoms with Crippen LogP contribution in [0.5, 0.6) is 17.2 Å². The summed E-state index contributed by atoms with van der Waals surface area (Å²) in [5.41, 5.74) is 1.46. The fraction of sp³-hybridized carbons (Fsp3) is 0.350. The highest BCUT2D eigenvalue weighted by Crippen LogP contribution is 2.40. The van der Waals surface area contributed by atoms with Crippen molar-refractivity contribution in [2.75, 3.05) is 27.9 Å². The van der Waals surface area contributed by atoms with E-state index in [1.807, 2.05) is 17.0 Å². The van der Waals surface area contributed by atoms with Gasteiger partial charge in [-0.1, -0.05) is 29.3 Å². The van der Waals surface area contributed by atoms with Crippen LogP contribution in [0.15, 0.2) is 30.3 Å². The Hall–Kier alpha value is -2.11. The molecule has 2 aromatic rings. The Morgan fingerprint density at radius 3 is 2.22 bits per heavy atom. The van der Waals surface area contributed by atoms with E-state index in [4.69, 9.17) is 37.4 Å². The number of rotatable bonds is 5. The molecule has 1 atom stereocenters. The van der Waals surface area contributed by atoms with E-state index in [2.05, 4.69) is 0 Å². The normalized spacial score (nSPS) is 16.3. The van der Waals surface area contributed by atoms with Crippen molar-refractivity contribution in [2.24, 2.45) is 0 Å². The average molecular weight is 410 g/mol. The predicted octanol–water partition coefficient (Wildman–Crippen LogP) is 5.00. The summed E-state index contributed by atoms with van der Waals surface area (Å²) in [6.07, 6.45) is 1.79. The second kappa shape index (κ2) is 8.28. The summed E-state index contributed by atoms with van der Waals surface area (Å²) in [4.78, 5) is 15.1. The molecule has 7 heteroatoms. The summed E-state index contributed by atoms with van der Waals surface area (Å²) in [5.74, 6) is 1.26. The molecule has 0 aromatic heterocycles. The molecule has 0 spiro atoms. The Morgan fingerprint density at radius 1 is 1.00 bits per heavy atom. The molecule has 1 amide bonds. The van der Waals surface area contributed by atoms with Crippen LogP contribution in [0.4, 0.5) is 0 Å². The van der Waals surface area contributed by atoms with E-state index in [9.17, 15) is 4.79 Å². The number of carbonyl (C=O) groups excluding carboxylic acids is 1. The van der Waals surface area contributed by atoms with Gasteiger partial charge in [0, 0.05) is 12.1 Å². The summed E-state index contributed by atoms with van der Waals surface area (Å²) >= 11 is 12.2. The summed E-state index contributed by atoms with van der Waals surface area (Å²) in [7, 11) is 4.59. The van der Waals surface area contributed by atoms with Crippen LogP contribution in [0, 0.1) is 0 Å². The number of nitrogens with zero attached hydrogens (tertiary/aromatic N) is 1. The van der Waals surface area contributed by atoms with Crippen molar-refractivity contribution in [2.45, 2.75) is 18.9 Å². The smallest absolute Gasteiger partial charge is 0.254 e. The number of amides is 1. The molecular weight excluding hydrogens is 389 g/mol. The number of likely N-dealkylation sites (tertiary alicyclic amines) is 1. The van der Waals surface area contributed by atoms with Crippen LogP contribution in [0.3, 0.4) is 0 Å². The second-order valence-corrected chi connectivity index (χ2v) is 7.06. The fourth-order valence-electron chi connectivity index (χ4n) is 3.45. The third-order valence-electron chi connectivity index (χ3n) is 4.75. The van der Waals surface area contributed by atoms with Gasteiger partial charge < -0.3 is 19.1 Å². The van der Waals surface area contributed by atoms with Crippen molar-refractivity contribution >= 4 is 29.1 Å². The van der Waals surface area contributed by atoms with Gasteiger partial charge in [0.1, 0.15) is 0 Å². The van der Waals surface area contributed by atoms with E-state index >= 15 is 0 Å². The molecule has 0 saturated carbocycles. The zero-order chi connectivity index (χ0) is 19.6. The lowest BCUT2D eigenvalue weighted by molar-refractivity contribution is 0.0734. The standard InChI is InChI=1S/C20H21Cl2NO4/c1-25-17-10-13(11-18(26-2)19(17)27-3)20(24)23-8-4-5-16(23)12-6-7-14(21)15(22)9-12/h6-7,9-11,16H,4-5,8H2,1-3H3. The Balaban J connectivity index is 1.95. The number of carbonyl (C=O) groups is 1. The van der Waals surface area contributed by atoms with Gasteiger partial charge in [-0.15, -0.1) is 0 Å². The quantitative estimate of drug-likeness (QED) is 0.697. The van der Waals surface area contributed by atoms with E-state index in [0.29, 0.717) is 39.4 Å². The molecule has 3 rings (SSSR count). The number of halogens is 2. The molecule has 5 nitrogen and oxygen atoms in total. The first-order chi connectivity index (χ1) is 13.0. The molecule has 0 aliphatic carbocycles. The van der Waals surface area contributed by atoms with Gasteiger partial charge in [0.25, 0.3) is 5.91 Å². The van der Waals surface area contributed by atoms with Crippen molar-refractivity contribution in [3.8, 4) is 17.2 Å². The van der Waals surface area contributed by atoms with E-state index in [1.165, 1.54) is 21.3 Å². The van der Waals surface area contributed by atoms with Gasteiger partial charge in [-0.05, 0) is 42.7 Å². The Kier molecular flexibility index (Phi) is 6.02. The van der Waals surface area contributed by atoms with Crippen LogP contribution in [0.1, 0.15) is 34.8 Å². The van der Waals surface area contributed by atoms with Crippen molar-refractivity contribution < 1.29 is 19.0 Å². The highest BCUT2D eigenvalue weighted by molar-refractivity contribution is 6.42. The minimum atomic E-state index is -0.0946. The first-order valence-corrected chi connectivity index (χ1v) is 9.31. The van der Waals surface area contributed by atoms with Gasteiger partial charge in [0.2, 0.25) is 5.75 Å². The maximum absolute atomic E-state index is 13.2. The van der Waals surface area contributed by atoms with Crippen molar-refractivity contribution in [3.63, 3.8) is 0 Å². The number of methoxy groups -OCH3 is 3. The molecule has 1 aliphatic heterocycles. The highest BCUT2D eigenvalue weighted by atomic mass is 35.5. The lowest BCUT2D eigenvalue weighted by Gasteiger charge is -2.26. The SMILES string of the molecule is COc1cc(C(=O)N2CCCC2c2ccc(Cl)c(Cl)c2)cc(OC)c1OC. The van der Waals surface area contributed by atoms with Gasteiger partial charge in [-0.25, -0.2) is 0 Å². The number of ether oxygens (including phenoxy) is 3. The lowest BCUT2D eigenvalue weighted by atomic mass is 10.0. The number of benzene rings is 2. The zero-order valence-corrected chi connectivity index (χ0v) is 16.9. The third kappa shape index (κ3) is 3.80. The molecule has 0 bridgehead atoms. The van der Waals surface area contributed by atoms with E-state index < -0.39 is 0 Å². The molecule has 1 aliphatic rings. The molecule has 1 saturated heterocycles. The monoisotopic (exact) mass is 409 g/mol. The van der Waals surface area contributed by atoms with Crippen LogP contribution in [-0.4, -0.2) is 38.7 Å². The summed E-state index contributed by atoms with van der Waals surface area (Å²) in [5, 5.41) is 0.988. The second-order valence-electron chi connectivity index (χ2n) is 6.24. The summed E-state index contributed by atoms with van der Waals surface area (Å²) in [6, 6.07) is 8.81. The number of hydrogen-bond donors (Lipinski definition) is 0. The third-order valence-corrected chi connectivity index (χ3v) is 5.49. The molecule has 2 aromatic carbocycles. The Bertz CT molecular complexity index is 831. The largest absolute Gasteiger partial charge is 0.493 e. The first-order valence-electron chi connectivity index (χ1n) is 8.56. The van der Waals surface area contributed by atoms with E-state index in [0.717, 1.165) is 18.4 Å². The molecule has 0 radical (unpaired) electrons. The minimum absolute atomic E-state index is 0.0497. The molecule has 1 unspecified atom stereocenters. The minimum Gasteiger partial charge on any atom is -0.493 e. The van der Waals surface area contributed by atoms with Gasteiger partial charge in [0.15, 0.2) is 11.5 Å². The molecule has 0 N–H and O–H groups in total. The molecule has 27 heavy (non-hydrogen) atoms. The van der Waals surface area contributed by atoms with Crippen LogP contribution >= 0.6 is 23.2 Å². The predicted molar refractivity (Wildman–Crippen MR) is 106 cm³/mol. The van der Waals surface area contributed by atoms with Crippen LogP contribution in [-0.2, 0) is 0 Å². The van der Waals surface area contributed by atoms with Crippen molar-refractivity contribution in [1.29, 1.82) is 0 Å². The van der Waals surface area contributed by atoms with E-state index in [1.54, 1.807) is 18.2 Å². The average Bonchev–Trinajstić information content (AvgIpc) is 3.18. The Labute approximate surface area is 168 Å². The van der Waals surface area contributed by atoms with Crippen LogP contribution < -0.4 is 14.2 Å². The molecule has 144 valence electrons. The van der Waals surface area contributed by atoms with Gasteiger partial charge in [0.05, 0.1) is 37.4 Å². The highest BCUT2D eigenvalue weighted by Gasteiger charge is 2.32. The topological polar surface area (TPSA) is 48.0 Å². The summed E-state index contributed by atoms with van der Waals surface area (Å²) in [6.45, 7) is 0.667. The molecular formula is C20H21Cl2NO4. The lowest BCUT2D eigenvalue weighted by Crippen LogP contribution is -2.30. The van der Waals surface area contributed by atoms with Crippen molar-refractivity contribution in [1.82, 2.24) is 4.90 Å². The number of hydrogen-bond acceptors (Lipinski definition) is 4. The van der Waals surface area contributed by atoms with Crippen LogP contribution in [0.25, 0.3) is 0 Å². The molecule has 1 heterocycles. The van der Waals surface area contributed by atoms with Crippen molar-refractivity contribution in [3.05, 3.63) is 51.5 Å². The zero-order valence-electron chi connectivity index (χ0n) is 15.4. The Morgan fingerprint density at radius 2 is 1.67 bits per heavy atom. The first kappa shape index (κ1) is 19.6. The van der Waals surface area contributed by atoms with Crippen LogP contribution in [0.2, 0.25) is 10.0 Å². The van der Waals surface area contributed by atoms with E-state index in [-0.39, 0.29) is 11.9 Å². The molecule has 1 fully saturated rings. The van der Waals surface area contributed by atoms with Gasteiger partial charge in [-0.3, -0.25) is 4.79 Å². The van der Waals surface area contributed by atoms with Gasteiger partial charge in [-0.2, -0.15) is 0 Å². The van der Waals surface area contributed by atoms with Gasteiger partial charge >= 0.3 is 0 Å².